The molecule has 0 saturated carbocycles. The normalized spacial score (nSPS) is 18.0. The summed E-state index contributed by atoms with van der Waals surface area (Å²) in [6.07, 6.45) is 0.627. The van der Waals surface area contributed by atoms with Crippen LogP contribution >= 0.6 is 0 Å². The fourth-order valence-electron chi connectivity index (χ4n) is 2.19. The molecular weight excluding hydrogens is 228 g/mol. The lowest BCUT2D eigenvalue weighted by Gasteiger charge is -2.36. The first-order valence-electron chi connectivity index (χ1n) is 6.28. The molecule has 3 N–H and O–H groups in total. The van der Waals surface area contributed by atoms with E-state index in [0.717, 1.165) is 32.7 Å². The zero-order chi connectivity index (χ0) is 12.8. The van der Waals surface area contributed by atoms with Gasteiger partial charge in [0.1, 0.15) is 5.84 Å². The van der Waals surface area contributed by atoms with Crippen molar-refractivity contribution in [1.82, 2.24) is 4.90 Å². The van der Waals surface area contributed by atoms with Crippen LogP contribution in [0.15, 0.2) is 35.5 Å². The van der Waals surface area contributed by atoms with Gasteiger partial charge in [-0.3, -0.25) is 4.90 Å². The summed E-state index contributed by atoms with van der Waals surface area (Å²) in [7, 11) is 0. The topological polar surface area (TPSA) is 65.1 Å². The number of rotatable bonds is 4. The minimum absolute atomic E-state index is 0.306. The molecule has 0 amide bonds. The van der Waals surface area contributed by atoms with Gasteiger partial charge in [-0.15, -0.1) is 0 Å². The summed E-state index contributed by atoms with van der Waals surface area (Å²) in [4.78, 5) is 4.73. The first kappa shape index (κ1) is 12.7. The maximum absolute atomic E-state index is 8.49. The number of anilines is 1. The average Bonchev–Trinajstić information content (AvgIpc) is 2.46. The van der Waals surface area contributed by atoms with Crippen LogP contribution in [0.5, 0.6) is 0 Å². The van der Waals surface area contributed by atoms with Crippen LogP contribution in [0, 0.1) is 0 Å². The third-order valence-electron chi connectivity index (χ3n) is 3.31. The van der Waals surface area contributed by atoms with E-state index in [1.807, 2.05) is 6.07 Å². The number of piperazine rings is 1. The summed E-state index contributed by atoms with van der Waals surface area (Å²) in [6.45, 7) is 4.96. The Morgan fingerprint density at radius 2 is 1.83 bits per heavy atom. The van der Waals surface area contributed by atoms with Gasteiger partial charge in [0.15, 0.2) is 0 Å². The molecule has 1 aliphatic rings. The van der Waals surface area contributed by atoms with Crippen molar-refractivity contribution in [3.05, 3.63) is 30.3 Å². The summed E-state index contributed by atoms with van der Waals surface area (Å²) in [5, 5.41) is 11.5. The quantitative estimate of drug-likeness (QED) is 0.360. The van der Waals surface area contributed by atoms with E-state index in [1.54, 1.807) is 0 Å². The molecule has 98 valence electrons. The van der Waals surface area contributed by atoms with Gasteiger partial charge in [-0.2, -0.15) is 0 Å². The van der Waals surface area contributed by atoms with Crippen molar-refractivity contribution in [2.45, 2.75) is 6.42 Å². The molecule has 1 heterocycles. The predicted molar refractivity (Wildman–Crippen MR) is 73.1 cm³/mol. The second-order valence-corrected chi connectivity index (χ2v) is 4.51. The molecule has 1 fully saturated rings. The Labute approximate surface area is 107 Å². The molecule has 0 spiro atoms. The standard InChI is InChI=1S/C13H20N4O/c14-13(15-18)6-7-16-8-10-17(11-9-16)12-4-2-1-3-5-12/h1-5,18H,6-11H2,(H2,14,15). The summed E-state index contributed by atoms with van der Waals surface area (Å²) in [5.74, 6) is 0.306. The van der Waals surface area contributed by atoms with E-state index >= 15 is 0 Å². The third kappa shape index (κ3) is 3.37. The van der Waals surface area contributed by atoms with Crippen molar-refractivity contribution in [1.29, 1.82) is 0 Å². The molecule has 1 aliphatic heterocycles. The zero-order valence-corrected chi connectivity index (χ0v) is 10.5. The highest BCUT2D eigenvalue weighted by Crippen LogP contribution is 2.15. The maximum atomic E-state index is 8.49. The van der Waals surface area contributed by atoms with E-state index in [4.69, 9.17) is 10.9 Å². The van der Waals surface area contributed by atoms with Gasteiger partial charge in [-0.05, 0) is 12.1 Å². The molecule has 0 atom stereocenters. The van der Waals surface area contributed by atoms with Crippen LogP contribution in [0.25, 0.3) is 0 Å². The largest absolute Gasteiger partial charge is 0.409 e. The van der Waals surface area contributed by atoms with Gasteiger partial charge in [0.25, 0.3) is 0 Å². The monoisotopic (exact) mass is 248 g/mol. The highest BCUT2D eigenvalue weighted by Gasteiger charge is 2.16. The second-order valence-electron chi connectivity index (χ2n) is 4.51. The third-order valence-corrected chi connectivity index (χ3v) is 3.31. The highest BCUT2D eigenvalue weighted by molar-refractivity contribution is 5.79. The van der Waals surface area contributed by atoms with Crippen LogP contribution in [-0.2, 0) is 0 Å². The molecule has 1 aromatic carbocycles. The highest BCUT2D eigenvalue weighted by atomic mass is 16.4. The van der Waals surface area contributed by atoms with E-state index in [-0.39, 0.29) is 0 Å². The van der Waals surface area contributed by atoms with E-state index in [1.165, 1.54) is 5.69 Å². The van der Waals surface area contributed by atoms with Crippen LogP contribution in [0.4, 0.5) is 5.69 Å². The predicted octanol–water partition coefficient (Wildman–Crippen LogP) is 0.945. The molecular formula is C13H20N4O. The molecule has 0 aromatic heterocycles. The van der Waals surface area contributed by atoms with Crippen LogP contribution in [0.2, 0.25) is 0 Å². The Morgan fingerprint density at radius 3 is 2.44 bits per heavy atom. The Kier molecular flexibility index (Phi) is 4.41. The first-order valence-corrected chi connectivity index (χ1v) is 6.28. The fraction of sp³-hybridized carbons (Fsp3) is 0.462. The van der Waals surface area contributed by atoms with Crippen LogP contribution in [-0.4, -0.2) is 48.7 Å². The molecule has 18 heavy (non-hydrogen) atoms. The van der Waals surface area contributed by atoms with Gasteiger partial charge in [0.2, 0.25) is 0 Å². The number of benzene rings is 1. The van der Waals surface area contributed by atoms with Crippen LogP contribution in [0.3, 0.4) is 0 Å². The number of para-hydroxylation sites is 1. The lowest BCUT2D eigenvalue weighted by molar-refractivity contribution is 0.262. The first-order chi connectivity index (χ1) is 8.79. The van der Waals surface area contributed by atoms with Crippen molar-refractivity contribution < 1.29 is 5.21 Å². The van der Waals surface area contributed by atoms with E-state index < -0.39 is 0 Å². The summed E-state index contributed by atoms with van der Waals surface area (Å²) in [6, 6.07) is 10.5. The molecule has 5 heteroatoms. The van der Waals surface area contributed by atoms with Gasteiger partial charge >= 0.3 is 0 Å². The van der Waals surface area contributed by atoms with E-state index in [9.17, 15) is 0 Å². The lowest BCUT2D eigenvalue weighted by Crippen LogP contribution is -2.47. The van der Waals surface area contributed by atoms with E-state index in [2.05, 4.69) is 39.2 Å². The average molecular weight is 248 g/mol. The summed E-state index contributed by atoms with van der Waals surface area (Å²) >= 11 is 0. The Bertz CT molecular complexity index is 385. The molecule has 0 unspecified atom stereocenters. The number of hydrogen-bond donors (Lipinski definition) is 2. The van der Waals surface area contributed by atoms with E-state index in [0.29, 0.717) is 12.3 Å². The lowest BCUT2D eigenvalue weighted by atomic mass is 10.2. The van der Waals surface area contributed by atoms with Crippen LogP contribution < -0.4 is 10.6 Å². The van der Waals surface area contributed by atoms with Gasteiger partial charge in [0.05, 0.1) is 0 Å². The molecule has 0 radical (unpaired) electrons. The number of hydrogen-bond acceptors (Lipinski definition) is 4. The number of amidine groups is 1. The maximum Gasteiger partial charge on any atom is 0.140 e. The Balaban J connectivity index is 1.78. The van der Waals surface area contributed by atoms with Crippen molar-refractivity contribution >= 4 is 11.5 Å². The van der Waals surface area contributed by atoms with Crippen molar-refractivity contribution in [2.24, 2.45) is 10.9 Å². The van der Waals surface area contributed by atoms with Gasteiger partial charge in [-0.1, -0.05) is 23.4 Å². The molecule has 2 rings (SSSR count). The van der Waals surface area contributed by atoms with Crippen LogP contribution in [0.1, 0.15) is 6.42 Å². The Morgan fingerprint density at radius 1 is 1.17 bits per heavy atom. The minimum Gasteiger partial charge on any atom is -0.409 e. The van der Waals surface area contributed by atoms with Gasteiger partial charge in [-0.25, -0.2) is 0 Å². The Hall–Kier alpha value is -1.75. The number of nitrogens with two attached hydrogens (primary N) is 1. The van der Waals surface area contributed by atoms with Gasteiger partial charge in [0, 0.05) is 44.8 Å². The SMILES string of the molecule is NC(CCN1CCN(c2ccccc2)CC1)=NO. The number of nitrogens with zero attached hydrogens (tertiary/aromatic N) is 3. The fourth-order valence-corrected chi connectivity index (χ4v) is 2.19. The van der Waals surface area contributed by atoms with Crippen molar-refractivity contribution in [3.63, 3.8) is 0 Å². The smallest absolute Gasteiger partial charge is 0.140 e. The zero-order valence-electron chi connectivity index (χ0n) is 10.5. The molecule has 0 aliphatic carbocycles. The summed E-state index contributed by atoms with van der Waals surface area (Å²) < 4.78 is 0. The summed E-state index contributed by atoms with van der Waals surface area (Å²) in [5.41, 5.74) is 6.76. The van der Waals surface area contributed by atoms with Gasteiger partial charge < -0.3 is 15.8 Å². The second kappa shape index (κ2) is 6.26. The van der Waals surface area contributed by atoms with Crippen molar-refractivity contribution in [3.8, 4) is 0 Å². The molecule has 1 aromatic rings. The molecule has 0 bridgehead atoms. The minimum atomic E-state index is 0.306. The van der Waals surface area contributed by atoms with Crippen molar-refractivity contribution in [2.75, 3.05) is 37.6 Å². The molecule has 5 nitrogen and oxygen atoms in total. The number of oxime groups is 1. The molecule has 1 saturated heterocycles.